The van der Waals surface area contributed by atoms with E-state index in [1.165, 1.54) is 0 Å². The van der Waals surface area contributed by atoms with E-state index in [4.69, 9.17) is 17.2 Å². The van der Waals surface area contributed by atoms with Crippen LogP contribution in [0.3, 0.4) is 0 Å². The largest absolute Gasteiger partial charge is 0.329 e. The zero-order chi connectivity index (χ0) is 16.3. The van der Waals surface area contributed by atoms with Crippen LogP contribution in [-0.2, 0) is 0 Å². The lowest BCUT2D eigenvalue weighted by Crippen LogP contribution is -2.41. The summed E-state index contributed by atoms with van der Waals surface area (Å²) in [5, 5.41) is 13.4. The summed E-state index contributed by atoms with van der Waals surface area (Å²) in [4.78, 5) is 2.38. The van der Waals surface area contributed by atoms with Crippen molar-refractivity contribution in [1.29, 1.82) is 0 Å². The molecule has 0 fully saturated rings. The molecule has 0 saturated heterocycles. The first kappa shape index (κ1) is 21.7. The Bertz CT molecular complexity index is 205. The van der Waals surface area contributed by atoms with Crippen molar-refractivity contribution in [3.63, 3.8) is 0 Å². The topological polar surface area (TPSA) is 129 Å². The first-order valence-corrected chi connectivity index (χ1v) is 8.50. The average Bonchev–Trinajstić information content (AvgIpc) is 2.53. The minimum absolute atomic E-state index is 0.688. The molecule has 0 aliphatic rings. The van der Waals surface area contributed by atoms with Crippen molar-refractivity contribution in [1.82, 2.24) is 26.2 Å². The maximum Gasteiger partial charge on any atom is 0.0108 e. The van der Waals surface area contributed by atoms with Crippen molar-refractivity contribution in [2.24, 2.45) is 17.2 Å². The third-order valence-corrected chi connectivity index (χ3v) is 3.25. The molecule has 22 heavy (non-hydrogen) atoms. The van der Waals surface area contributed by atoms with Gasteiger partial charge >= 0.3 is 0 Å². The van der Waals surface area contributed by atoms with Gasteiger partial charge in [-0.1, -0.05) is 0 Å². The van der Waals surface area contributed by atoms with Crippen molar-refractivity contribution < 1.29 is 0 Å². The van der Waals surface area contributed by atoms with Gasteiger partial charge in [0.1, 0.15) is 0 Å². The summed E-state index contributed by atoms with van der Waals surface area (Å²) >= 11 is 0. The molecule has 0 heterocycles. The number of hydrogen-bond donors (Lipinski definition) is 7. The number of nitrogens with one attached hydrogen (secondary N) is 4. The highest BCUT2D eigenvalue weighted by Gasteiger charge is 2.02. The molecule has 0 aliphatic heterocycles. The highest BCUT2D eigenvalue weighted by Crippen LogP contribution is 1.84. The normalized spacial score (nSPS) is 11.5. The molecule has 0 radical (unpaired) electrons. The number of nitrogens with two attached hydrogens (primary N) is 3. The molecule has 0 atom stereocenters. The molecule has 0 saturated carbocycles. The van der Waals surface area contributed by atoms with Gasteiger partial charge in [-0.15, -0.1) is 0 Å². The van der Waals surface area contributed by atoms with Gasteiger partial charge in [0.15, 0.2) is 0 Å². The van der Waals surface area contributed by atoms with Crippen molar-refractivity contribution in [2.75, 3.05) is 91.6 Å². The maximum atomic E-state index is 5.65. The molecule has 0 aromatic rings. The molecule has 8 heteroatoms. The van der Waals surface area contributed by atoms with Crippen molar-refractivity contribution >= 4 is 0 Å². The Hall–Kier alpha value is -0.320. The fourth-order valence-electron chi connectivity index (χ4n) is 2.05. The monoisotopic (exact) mass is 318 g/mol. The van der Waals surface area contributed by atoms with Crippen molar-refractivity contribution in [2.45, 2.75) is 0 Å². The van der Waals surface area contributed by atoms with E-state index in [1.807, 2.05) is 0 Å². The highest BCUT2D eigenvalue weighted by atomic mass is 15.2. The van der Waals surface area contributed by atoms with Gasteiger partial charge in [0.25, 0.3) is 0 Å². The van der Waals surface area contributed by atoms with Crippen molar-refractivity contribution in [3.05, 3.63) is 0 Å². The molecule has 0 amide bonds. The highest BCUT2D eigenvalue weighted by molar-refractivity contribution is 4.63. The third kappa shape index (κ3) is 16.1. The summed E-state index contributed by atoms with van der Waals surface area (Å²) < 4.78 is 0. The SMILES string of the molecule is NCCNCCNCCNCCN(CCN)CCNCCN. The predicted octanol–water partition coefficient (Wildman–Crippen LogP) is -3.48. The van der Waals surface area contributed by atoms with Crippen LogP contribution in [0.15, 0.2) is 0 Å². The van der Waals surface area contributed by atoms with Crippen LogP contribution in [-0.4, -0.2) is 96.5 Å². The van der Waals surface area contributed by atoms with E-state index < -0.39 is 0 Å². The van der Waals surface area contributed by atoms with Crippen molar-refractivity contribution in [3.8, 4) is 0 Å². The number of hydrogen-bond acceptors (Lipinski definition) is 8. The minimum Gasteiger partial charge on any atom is -0.329 e. The molecule has 0 aromatic heterocycles. The zero-order valence-electron chi connectivity index (χ0n) is 14.1. The van der Waals surface area contributed by atoms with E-state index in [9.17, 15) is 0 Å². The molecule has 134 valence electrons. The lowest BCUT2D eigenvalue weighted by molar-refractivity contribution is 0.280. The van der Waals surface area contributed by atoms with Crippen LogP contribution in [0.2, 0.25) is 0 Å². The van der Waals surface area contributed by atoms with Gasteiger partial charge in [-0.3, -0.25) is 4.90 Å². The summed E-state index contributed by atoms with van der Waals surface area (Å²) in [6, 6.07) is 0. The fourth-order valence-corrected chi connectivity index (χ4v) is 2.05. The van der Waals surface area contributed by atoms with E-state index >= 15 is 0 Å². The Morgan fingerprint density at radius 1 is 0.455 bits per heavy atom. The molecular formula is C14H38N8. The third-order valence-electron chi connectivity index (χ3n) is 3.25. The first-order chi connectivity index (χ1) is 10.8. The second-order valence-electron chi connectivity index (χ2n) is 5.21. The summed E-state index contributed by atoms with van der Waals surface area (Å²) in [7, 11) is 0. The van der Waals surface area contributed by atoms with Crippen LogP contribution in [0.4, 0.5) is 0 Å². The van der Waals surface area contributed by atoms with Gasteiger partial charge < -0.3 is 38.5 Å². The van der Waals surface area contributed by atoms with Crippen LogP contribution in [0.5, 0.6) is 0 Å². The smallest absolute Gasteiger partial charge is 0.0108 e. The zero-order valence-corrected chi connectivity index (χ0v) is 14.1. The van der Waals surface area contributed by atoms with E-state index in [-0.39, 0.29) is 0 Å². The van der Waals surface area contributed by atoms with E-state index in [0.29, 0.717) is 19.6 Å². The maximum absolute atomic E-state index is 5.65. The van der Waals surface area contributed by atoms with Crippen LogP contribution in [0, 0.1) is 0 Å². The Morgan fingerprint density at radius 2 is 0.864 bits per heavy atom. The Balaban J connectivity index is 3.36. The summed E-state index contributed by atoms with van der Waals surface area (Å²) in [5.74, 6) is 0. The van der Waals surface area contributed by atoms with Gasteiger partial charge in [0.05, 0.1) is 0 Å². The molecule has 0 spiro atoms. The first-order valence-electron chi connectivity index (χ1n) is 8.50. The lowest BCUT2D eigenvalue weighted by atomic mass is 10.4. The van der Waals surface area contributed by atoms with Crippen LogP contribution in [0.25, 0.3) is 0 Å². The summed E-state index contributed by atoms with van der Waals surface area (Å²) in [6.07, 6.45) is 0. The molecule has 0 aromatic carbocycles. The molecule has 0 rings (SSSR count). The van der Waals surface area contributed by atoms with Crippen LogP contribution < -0.4 is 38.5 Å². The minimum atomic E-state index is 0.688. The van der Waals surface area contributed by atoms with Gasteiger partial charge in [-0.05, 0) is 0 Å². The van der Waals surface area contributed by atoms with E-state index in [0.717, 1.165) is 72.0 Å². The van der Waals surface area contributed by atoms with Gasteiger partial charge in [0, 0.05) is 91.6 Å². The summed E-state index contributed by atoms with van der Waals surface area (Å²) in [5.41, 5.74) is 16.5. The molecule has 0 unspecified atom stereocenters. The fraction of sp³-hybridized carbons (Fsp3) is 1.00. The second kappa shape index (κ2) is 18.7. The van der Waals surface area contributed by atoms with Gasteiger partial charge in [-0.25, -0.2) is 0 Å². The van der Waals surface area contributed by atoms with E-state index in [1.54, 1.807) is 0 Å². The molecule has 0 aliphatic carbocycles. The van der Waals surface area contributed by atoms with Crippen LogP contribution in [0.1, 0.15) is 0 Å². The molecule has 0 bridgehead atoms. The van der Waals surface area contributed by atoms with Gasteiger partial charge in [-0.2, -0.15) is 0 Å². The quantitative estimate of drug-likeness (QED) is 0.130. The standard InChI is InChI=1S/C14H38N8/c15-1-4-18-6-7-20-8-9-21-11-14-22(12-3-17)13-10-19-5-2-16/h18-21H,1-17H2. The Morgan fingerprint density at radius 3 is 1.32 bits per heavy atom. The summed E-state index contributed by atoms with van der Waals surface area (Å²) in [6.45, 7) is 12.7. The number of rotatable bonds is 18. The molecule has 8 nitrogen and oxygen atoms in total. The average molecular weight is 319 g/mol. The molecular weight excluding hydrogens is 280 g/mol. The van der Waals surface area contributed by atoms with E-state index in [2.05, 4.69) is 26.2 Å². The molecule has 10 N–H and O–H groups in total. The van der Waals surface area contributed by atoms with Gasteiger partial charge in [0.2, 0.25) is 0 Å². The Kier molecular flexibility index (Phi) is 18.5. The second-order valence-corrected chi connectivity index (χ2v) is 5.21. The predicted molar refractivity (Wildman–Crippen MR) is 95.1 cm³/mol. The number of nitrogens with zero attached hydrogens (tertiary/aromatic N) is 1. The Labute approximate surface area is 135 Å². The van der Waals surface area contributed by atoms with Crippen LogP contribution >= 0.6 is 0 Å². The lowest BCUT2D eigenvalue weighted by Gasteiger charge is -2.22.